The summed E-state index contributed by atoms with van der Waals surface area (Å²) in [5.41, 5.74) is 0.944. The third kappa shape index (κ3) is 9.94. The number of carbonyl (C=O) groups is 1. The Balaban J connectivity index is 1.97. The molecule has 0 unspecified atom stereocenters. The van der Waals surface area contributed by atoms with Gasteiger partial charge in [0.25, 0.3) is 0 Å². The molecule has 5 nitrogen and oxygen atoms in total. The Morgan fingerprint density at radius 3 is 2.77 bits per heavy atom. The van der Waals surface area contributed by atoms with Crippen molar-refractivity contribution >= 4 is 5.91 Å². The van der Waals surface area contributed by atoms with Gasteiger partial charge < -0.3 is 14.8 Å². The van der Waals surface area contributed by atoms with Crippen LogP contribution in [0.5, 0.6) is 0 Å². The molecule has 0 spiro atoms. The summed E-state index contributed by atoms with van der Waals surface area (Å²) >= 11 is 0. The van der Waals surface area contributed by atoms with Crippen LogP contribution in [0, 0.1) is 11.8 Å². The van der Waals surface area contributed by atoms with Crippen molar-refractivity contribution < 1.29 is 14.3 Å². The van der Waals surface area contributed by atoms with Crippen molar-refractivity contribution in [3.63, 3.8) is 0 Å². The first-order chi connectivity index (χ1) is 10.8. The Hall–Kier alpha value is -1.87. The van der Waals surface area contributed by atoms with Crippen molar-refractivity contribution in [2.24, 2.45) is 0 Å². The lowest BCUT2D eigenvalue weighted by Gasteiger charge is -2.06. The van der Waals surface area contributed by atoms with Gasteiger partial charge in [0.05, 0.1) is 26.5 Å². The summed E-state index contributed by atoms with van der Waals surface area (Å²) in [6.45, 7) is 5.21. The molecule has 0 radical (unpaired) electrons. The van der Waals surface area contributed by atoms with E-state index in [9.17, 15) is 4.79 Å². The molecule has 0 bridgehead atoms. The Morgan fingerprint density at radius 2 is 2.00 bits per heavy atom. The Kier molecular flexibility index (Phi) is 10.6. The van der Waals surface area contributed by atoms with Gasteiger partial charge >= 0.3 is 0 Å². The molecule has 0 aliphatic rings. The van der Waals surface area contributed by atoms with E-state index in [0.717, 1.165) is 5.56 Å². The fourth-order valence-corrected chi connectivity index (χ4v) is 1.56. The molecule has 0 aliphatic carbocycles. The highest BCUT2D eigenvalue weighted by molar-refractivity contribution is 5.76. The van der Waals surface area contributed by atoms with Gasteiger partial charge in [-0.25, -0.2) is 0 Å². The lowest BCUT2D eigenvalue weighted by atomic mass is 10.2. The second-order valence-electron chi connectivity index (χ2n) is 4.44. The van der Waals surface area contributed by atoms with E-state index in [1.54, 1.807) is 0 Å². The summed E-state index contributed by atoms with van der Waals surface area (Å²) in [7, 11) is 0. The smallest absolute Gasteiger partial charge is 0.223 e. The van der Waals surface area contributed by atoms with Gasteiger partial charge in [0.2, 0.25) is 5.91 Å². The molecule has 0 atom stereocenters. The van der Waals surface area contributed by atoms with Gasteiger partial charge in [0.1, 0.15) is 0 Å². The lowest BCUT2D eigenvalue weighted by molar-refractivity contribution is -0.121. The summed E-state index contributed by atoms with van der Waals surface area (Å²) in [6.07, 6.45) is 0.346. The quantitative estimate of drug-likeness (QED) is 0.387. The van der Waals surface area contributed by atoms with Crippen molar-refractivity contribution in [3.8, 4) is 11.8 Å². The van der Waals surface area contributed by atoms with Crippen molar-refractivity contribution in [1.29, 1.82) is 0 Å². The Bertz CT molecular complexity index is 466. The van der Waals surface area contributed by atoms with Crippen LogP contribution in [0.15, 0.2) is 30.3 Å². The van der Waals surface area contributed by atoms with Gasteiger partial charge in [-0.15, -0.1) is 0 Å². The maximum atomic E-state index is 11.5. The number of nitrogens with one attached hydrogen (secondary N) is 2. The molecular weight excluding hydrogens is 280 g/mol. The van der Waals surface area contributed by atoms with Gasteiger partial charge in [-0.1, -0.05) is 30.0 Å². The fourth-order valence-electron chi connectivity index (χ4n) is 1.56. The third-order valence-electron chi connectivity index (χ3n) is 2.69. The number of ether oxygens (including phenoxy) is 2. The average Bonchev–Trinajstić information content (AvgIpc) is 2.55. The van der Waals surface area contributed by atoms with E-state index in [4.69, 9.17) is 9.47 Å². The standard InChI is InChI=1S/C17H24N2O3/c1-2-21-15-18-12-14-22-13-10-17(20)19-11-6-9-16-7-4-3-5-8-16/h3-5,7-8,18H,2,10-15H2,1H3,(H,19,20). The predicted molar refractivity (Wildman–Crippen MR) is 86.3 cm³/mol. The van der Waals surface area contributed by atoms with E-state index >= 15 is 0 Å². The molecule has 5 heteroatoms. The van der Waals surface area contributed by atoms with Crippen molar-refractivity contribution in [3.05, 3.63) is 35.9 Å². The van der Waals surface area contributed by atoms with E-state index < -0.39 is 0 Å². The van der Waals surface area contributed by atoms with E-state index in [-0.39, 0.29) is 5.91 Å². The number of hydrogen-bond acceptors (Lipinski definition) is 4. The molecule has 22 heavy (non-hydrogen) atoms. The monoisotopic (exact) mass is 304 g/mol. The van der Waals surface area contributed by atoms with Crippen molar-refractivity contribution in [2.45, 2.75) is 13.3 Å². The molecule has 1 rings (SSSR count). The van der Waals surface area contributed by atoms with Gasteiger partial charge in [-0.3, -0.25) is 10.1 Å². The van der Waals surface area contributed by atoms with Gasteiger partial charge in [-0.05, 0) is 19.1 Å². The number of amides is 1. The van der Waals surface area contributed by atoms with E-state index in [1.807, 2.05) is 37.3 Å². The van der Waals surface area contributed by atoms with Crippen molar-refractivity contribution in [2.75, 3.05) is 39.6 Å². The maximum Gasteiger partial charge on any atom is 0.223 e. The molecular formula is C17H24N2O3. The molecule has 120 valence electrons. The van der Waals surface area contributed by atoms with Crippen LogP contribution in [0.2, 0.25) is 0 Å². The molecule has 0 aromatic heterocycles. The number of carbonyl (C=O) groups excluding carboxylic acids is 1. The van der Waals surface area contributed by atoms with E-state index in [1.165, 1.54) is 0 Å². The molecule has 0 saturated carbocycles. The maximum absolute atomic E-state index is 11.5. The highest BCUT2D eigenvalue weighted by Crippen LogP contribution is 1.94. The molecule has 1 amide bonds. The van der Waals surface area contributed by atoms with Gasteiger partial charge in [-0.2, -0.15) is 0 Å². The first kappa shape index (κ1) is 18.2. The first-order valence-corrected chi connectivity index (χ1v) is 7.49. The van der Waals surface area contributed by atoms with Gasteiger partial charge in [0.15, 0.2) is 0 Å². The lowest BCUT2D eigenvalue weighted by Crippen LogP contribution is -2.26. The molecule has 1 aromatic rings. The zero-order valence-corrected chi connectivity index (χ0v) is 13.1. The largest absolute Gasteiger partial charge is 0.380 e. The van der Waals surface area contributed by atoms with Crippen molar-refractivity contribution in [1.82, 2.24) is 10.6 Å². The molecule has 0 heterocycles. The Morgan fingerprint density at radius 1 is 1.18 bits per heavy atom. The van der Waals surface area contributed by atoms with Gasteiger partial charge in [0, 0.05) is 25.1 Å². The first-order valence-electron chi connectivity index (χ1n) is 7.49. The van der Waals surface area contributed by atoms with Crippen LogP contribution in [0.1, 0.15) is 18.9 Å². The van der Waals surface area contributed by atoms with E-state index in [2.05, 4.69) is 22.5 Å². The summed E-state index contributed by atoms with van der Waals surface area (Å²) < 4.78 is 10.5. The second-order valence-corrected chi connectivity index (χ2v) is 4.44. The van der Waals surface area contributed by atoms with Crippen LogP contribution in [0.3, 0.4) is 0 Å². The van der Waals surface area contributed by atoms with Crippen LogP contribution in [-0.4, -0.2) is 45.5 Å². The molecule has 2 N–H and O–H groups in total. The minimum absolute atomic E-state index is 0.0513. The zero-order valence-electron chi connectivity index (χ0n) is 13.1. The number of hydrogen-bond donors (Lipinski definition) is 2. The van der Waals surface area contributed by atoms with Crippen LogP contribution in [-0.2, 0) is 14.3 Å². The van der Waals surface area contributed by atoms with Crippen LogP contribution >= 0.6 is 0 Å². The zero-order chi connectivity index (χ0) is 15.9. The summed E-state index contributed by atoms with van der Waals surface area (Å²) in [5.74, 6) is 5.85. The SMILES string of the molecule is CCOCNCCOCCC(=O)NCC#Cc1ccccc1. The number of benzene rings is 1. The van der Waals surface area contributed by atoms with Crippen LogP contribution in [0.25, 0.3) is 0 Å². The molecule has 0 aliphatic heterocycles. The third-order valence-corrected chi connectivity index (χ3v) is 2.69. The minimum atomic E-state index is -0.0513. The molecule has 1 aromatic carbocycles. The summed E-state index contributed by atoms with van der Waals surface area (Å²) in [5, 5.41) is 5.81. The molecule has 0 saturated heterocycles. The summed E-state index contributed by atoms with van der Waals surface area (Å²) in [6, 6.07) is 9.68. The van der Waals surface area contributed by atoms with E-state index in [0.29, 0.717) is 46.1 Å². The highest BCUT2D eigenvalue weighted by atomic mass is 16.5. The summed E-state index contributed by atoms with van der Waals surface area (Å²) in [4.78, 5) is 11.5. The fraction of sp³-hybridized carbons (Fsp3) is 0.471. The predicted octanol–water partition coefficient (Wildman–Crippen LogP) is 1.14. The topological polar surface area (TPSA) is 59.6 Å². The second kappa shape index (κ2) is 12.8. The normalized spacial score (nSPS) is 9.86. The molecule has 0 fully saturated rings. The average molecular weight is 304 g/mol. The minimum Gasteiger partial charge on any atom is -0.380 e. The highest BCUT2D eigenvalue weighted by Gasteiger charge is 1.98. The van der Waals surface area contributed by atoms with Crippen LogP contribution in [0.4, 0.5) is 0 Å². The Labute approximate surface area is 132 Å². The number of rotatable bonds is 10. The van der Waals surface area contributed by atoms with Crippen LogP contribution < -0.4 is 10.6 Å².